The number of benzene rings is 1. The van der Waals surface area contributed by atoms with Gasteiger partial charge >= 0.3 is 0 Å². The molecule has 0 spiro atoms. The van der Waals surface area contributed by atoms with E-state index in [0.717, 1.165) is 12.2 Å². The third kappa shape index (κ3) is 3.99. The molecule has 1 amide bonds. The molecule has 0 aliphatic heterocycles. The summed E-state index contributed by atoms with van der Waals surface area (Å²) in [5.74, 6) is 0.159. The summed E-state index contributed by atoms with van der Waals surface area (Å²) in [6.45, 7) is 2.82. The molecule has 1 aromatic heterocycles. The van der Waals surface area contributed by atoms with Crippen LogP contribution in [0.3, 0.4) is 0 Å². The van der Waals surface area contributed by atoms with Gasteiger partial charge in [0.2, 0.25) is 0 Å². The fourth-order valence-electron chi connectivity index (χ4n) is 1.59. The molecule has 0 aliphatic rings. The number of carbonyl (C=O) groups is 1. The maximum Gasteiger partial charge on any atom is 0.255 e. The molecule has 0 bridgehead atoms. The first-order valence-electron chi connectivity index (χ1n) is 5.93. The lowest BCUT2D eigenvalue weighted by molar-refractivity contribution is -0.119. The van der Waals surface area contributed by atoms with Gasteiger partial charge in [-0.05, 0) is 48.2 Å². The van der Waals surface area contributed by atoms with E-state index in [0.29, 0.717) is 5.75 Å². The third-order valence-electron chi connectivity index (χ3n) is 2.66. The number of aryl methyl sites for hydroxylation is 1. The van der Waals surface area contributed by atoms with Gasteiger partial charge in [-0.1, -0.05) is 0 Å². The highest BCUT2D eigenvalue weighted by atomic mass is 32.1. The highest BCUT2D eigenvalue weighted by Crippen LogP contribution is 2.19. The lowest BCUT2D eigenvalue weighted by Crippen LogP contribution is -2.19. The van der Waals surface area contributed by atoms with Crippen LogP contribution in [-0.2, 0) is 11.3 Å². The smallest absolute Gasteiger partial charge is 0.255 e. The molecule has 0 unspecified atom stereocenters. The molecule has 19 heavy (non-hydrogen) atoms. The Balaban J connectivity index is 1.88. The number of amides is 1. The van der Waals surface area contributed by atoms with E-state index in [1.165, 1.54) is 10.4 Å². The number of anilines is 1. The van der Waals surface area contributed by atoms with E-state index in [2.05, 4.69) is 23.7 Å². The van der Waals surface area contributed by atoms with Gasteiger partial charge in [0.25, 0.3) is 5.91 Å². The van der Waals surface area contributed by atoms with Crippen LogP contribution in [0.15, 0.2) is 35.7 Å². The van der Waals surface area contributed by atoms with Crippen molar-refractivity contribution < 1.29 is 9.53 Å². The zero-order valence-corrected chi connectivity index (χ0v) is 11.5. The van der Waals surface area contributed by atoms with Gasteiger partial charge < -0.3 is 15.8 Å². The molecule has 2 rings (SSSR count). The van der Waals surface area contributed by atoms with Gasteiger partial charge in [0.15, 0.2) is 6.61 Å². The third-order valence-corrected chi connectivity index (χ3v) is 3.68. The number of primary amides is 1. The standard InChI is InChI=1S/C14H16N2O2S/c1-10-6-7-19-13(10)8-16-11-2-4-12(5-3-11)18-9-14(15)17/h2-7,16H,8-9H2,1H3,(H2,15,17). The van der Waals surface area contributed by atoms with Crippen molar-refractivity contribution in [2.75, 3.05) is 11.9 Å². The van der Waals surface area contributed by atoms with Gasteiger partial charge in [-0.2, -0.15) is 0 Å². The Hall–Kier alpha value is -2.01. The Labute approximate surface area is 116 Å². The van der Waals surface area contributed by atoms with Crippen LogP contribution in [-0.4, -0.2) is 12.5 Å². The van der Waals surface area contributed by atoms with Crippen molar-refractivity contribution in [2.24, 2.45) is 5.73 Å². The van der Waals surface area contributed by atoms with Crippen LogP contribution in [0, 0.1) is 6.92 Å². The Bertz CT molecular complexity index is 549. The van der Waals surface area contributed by atoms with Gasteiger partial charge in [-0.3, -0.25) is 4.79 Å². The van der Waals surface area contributed by atoms with Crippen molar-refractivity contribution in [1.29, 1.82) is 0 Å². The second-order valence-corrected chi connectivity index (χ2v) is 5.16. The van der Waals surface area contributed by atoms with Crippen molar-refractivity contribution >= 4 is 22.9 Å². The molecular formula is C14H16N2O2S. The summed E-state index contributed by atoms with van der Waals surface area (Å²) in [5.41, 5.74) is 7.33. The SMILES string of the molecule is Cc1ccsc1CNc1ccc(OCC(N)=O)cc1. The van der Waals surface area contributed by atoms with Crippen LogP contribution >= 0.6 is 11.3 Å². The Morgan fingerprint density at radius 1 is 1.32 bits per heavy atom. The predicted molar refractivity (Wildman–Crippen MR) is 77.5 cm³/mol. The zero-order valence-electron chi connectivity index (χ0n) is 10.7. The summed E-state index contributed by atoms with van der Waals surface area (Å²) in [5, 5.41) is 5.43. The van der Waals surface area contributed by atoms with E-state index in [1.54, 1.807) is 11.3 Å². The molecule has 100 valence electrons. The summed E-state index contributed by atoms with van der Waals surface area (Å²) >= 11 is 1.74. The number of rotatable bonds is 6. The molecule has 1 aromatic carbocycles. The molecule has 1 heterocycles. The van der Waals surface area contributed by atoms with E-state index in [1.807, 2.05) is 24.3 Å². The van der Waals surface area contributed by atoms with Crippen LogP contribution < -0.4 is 15.8 Å². The summed E-state index contributed by atoms with van der Waals surface area (Å²) < 4.78 is 5.19. The average Bonchev–Trinajstić information content (AvgIpc) is 2.81. The number of nitrogens with two attached hydrogens (primary N) is 1. The highest BCUT2D eigenvalue weighted by Gasteiger charge is 2.01. The molecule has 4 nitrogen and oxygen atoms in total. The maximum absolute atomic E-state index is 10.6. The minimum atomic E-state index is -0.477. The number of ether oxygens (including phenoxy) is 1. The van der Waals surface area contributed by atoms with Crippen LogP contribution in [0.5, 0.6) is 5.75 Å². The maximum atomic E-state index is 10.6. The number of hydrogen-bond donors (Lipinski definition) is 2. The fraction of sp³-hybridized carbons (Fsp3) is 0.214. The number of nitrogens with one attached hydrogen (secondary N) is 1. The molecule has 3 N–H and O–H groups in total. The Morgan fingerprint density at radius 3 is 2.63 bits per heavy atom. The first-order chi connectivity index (χ1) is 9.15. The first kappa shape index (κ1) is 13.4. The molecule has 0 saturated heterocycles. The van der Waals surface area contributed by atoms with Crippen molar-refractivity contribution in [3.63, 3.8) is 0 Å². The molecule has 5 heteroatoms. The largest absolute Gasteiger partial charge is 0.484 e. The molecule has 0 fully saturated rings. The first-order valence-corrected chi connectivity index (χ1v) is 6.81. The minimum absolute atomic E-state index is 0.0961. The van der Waals surface area contributed by atoms with Crippen LogP contribution in [0.25, 0.3) is 0 Å². The summed E-state index contributed by atoms with van der Waals surface area (Å²) in [6.07, 6.45) is 0. The summed E-state index contributed by atoms with van der Waals surface area (Å²) in [7, 11) is 0. The van der Waals surface area contributed by atoms with E-state index in [4.69, 9.17) is 10.5 Å². The molecular weight excluding hydrogens is 260 g/mol. The van der Waals surface area contributed by atoms with Crippen LogP contribution in [0.2, 0.25) is 0 Å². The average molecular weight is 276 g/mol. The van der Waals surface area contributed by atoms with E-state index in [-0.39, 0.29) is 6.61 Å². The highest BCUT2D eigenvalue weighted by molar-refractivity contribution is 7.10. The van der Waals surface area contributed by atoms with Crippen molar-refractivity contribution in [1.82, 2.24) is 0 Å². The van der Waals surface area contributed by atoms with E-state index < -0.39 is 5.91 Å². The van der Waals surface area contributed by atoms with Crippen LogP contribution in [0.4, 0.5) is 5.69 Å². The van der Waals surface area contributed by atoms with Gasteiger partial charge in [-0.25, -0.2) is 0 Å². The molecule has 0 atom stereocenters. The molecule has 0 saturated carbocycles. The molecule has 0 radical (unpaired) electrons. The monoisotopic (exact) mass is 276 g/mol. The van der Waals surface area contributed by atoms with Gasteiger partial charge in [0, 0.05) is 17.1 Å². The molecule has 0 aliphatic carbocycles. The molecule has 2 aromatic rings. The predicted octanol–water partition coefficient (Wildman–Crippen LogP) is 2.53. The van der Waals surface area contributed by atoms with Crippen molar-refractivity contribution in [2.45, 2.75) is 13.5 Å². The zero-order chi connectivity index (χ0) is 13.7. The second kappa shape index (κ2) is 6.24. The Kier molecular flexibility index (Phi) is 4.41. The van der Waals surface area contributed by atoms with Gasteiger partial charge in [-0.15, -0.1) is 11.3 Å². The normalized spacial score (nSPS) is 10.2. The lowest BCUT2D eigenvalue weighted by atomic mass is 10.2. The van der Waals surface area contributed by atoms with Crippen molar-refractivity contribution in [3.8, 4) is 5.75 Å². The van der Waals surface area contributed by atoms with Crippen LogP contribution in [0.1, 0.15) is 10.4 Å². The summed E-state index contributed by atoms with van der Waals surface area (Å²) in [4.78, 5) is 11.9. The number of carbonyl (C=O) groups excluding carboxylic acids is 1. The second-order valence-electron chi connectivity index (χ2n) is 4.16. The van der Waals surface area contributed by atoms with Gasteiger partial charge in [0.1, 0.15) is 5.75 Å². The lowest BCUT2D eigenvalue weighted by Gasteiger charge is -2.08. The van der Waals surface area contributed by atoms with E-state index in [9.17, 15) is 4.79 Å². The number of thiophene rings is 1. The van der Waals surface area contributed by atoms with E-state index >= 15 is 0 Å². The number of hydrogen-bond acceptors (Lipinski definition) is 4. The summed E-state index contributed by atoms with van der Waals surface area (Å²) in [6, 6.07) is 9.57. The fourth-order valence-corrected chi connectivity index (χ4v) is 2.44. The quantitative estimate of drug-likeness (QED) is 0.852. The topological polar surface area (TPSA) is 64.3 Å². The minimum Gasteiger partial charge on any atom is -0.484 e. The Morgan fingerprint density at radius 2 is 2.05 bits per heavy atom. The van der Waals surface area contributed by atoms with Crippen molar-refractivity contribution in [3.05, 3.63) is 46.2 Å². The van der Waals surface area contributed by atoms with Gasteiger partial charge in [0.05, 0.1) is 0 Å².